The summed E-state index contributed by atoms with van der Waals surface area (Å²) in [4.78, 5) is 27.2. The van der Waals surface area contributed by atoms with Gasteiger partial charge in [0.15, 0.2) is 23.3 Å². The lowest BCUT2D eigenvalue weighted by Gasteiger charge is -2.50. The number of allylic oxidation sites excluding steroid dienone is 1. The van der Waals surface area contributed by atoms with Crippen molar-refractivity contribution in [1.82, 2.24) is 0 Å². The molecule has 0 aromatic carbocycles. The van der Waals surface area contributed by atoms with Gasteiger partial charge in [0.1, 0.15) is 23.7 Å². The number of hydrogen-bond acceptors (Lipinski definition) is 9. The van der Waals surface area contributed by atoms with Crippen LogP contribution in [0.25, 0.3) is 0 Å². The van der Waals surface area contributed by atoms with Crippen LogP contribution in [0.15, 0.2) is 23.8 Å². The van der Waals surface area contributed by atoms with E-state index in [4.69, 9.17) is 28.4 Å². The van der Waals surface area contributed by atoms with Crippen molar-refractivity contribution in [3.63, 3.8) is 0 Å². The summed E-state index contributed by atoms with van der Waals surface area (Å²) >= 11 is 0. The maximum absolute atomic E-state index is 14.0. The van der Waals surface area contributed by atoms with E-state index in [1.807, 2.05) is 6.08 Å². The van der Waals surface area contributed by atoms with Crippen molar-refractivity contribution in [2.75, 3.05) is 6.61 Å². The number of fused-ring (bicyclic) bond motifs is 3. The van der Waals surface area contributed by atoms with Crippen LogP contribution in [-0.4, -0.2) is 82.7 Å². The fourth-order valence-electron chi connectivity index (χ4n) is 8.52. The summed E-state index contributed by atoms with van der Waals surface area (Å²) in [5.74, 6) is -2.20. The number of ketones is 1. The summed E-state index contributed by atoms with van der Waals surface area (Å²) in [6, 6.07) is 0. The molecule has 5 saturated heterocycles. The quantitative estimate of drug-likeness (QED) is 0.286. The second kappa shape index (κ2) is 9.44. The van der Waals surface area contributed by atoms with Gasteiger partial charge in [-0.05, 0) is 50.5 Å². The number of Topliss-reactive ketones (excluding diaryl/α,β-unsaturated/α-hetero) is 1. The van der Waals surface area contributed by atoms with E-state index >= 15 is 0 Å². The topological polar surface area (TPSA) is 116 Å². The van der Waals surface area contributed by atoms with E-state index in [9.17, 15) is 14.7 Å². The highest BCUT2D eigenvalue weighted by Crippen LogP contribution is 2.59. The number of carbonyl (C=O) groups excluding carboxylic acids is 2. The van der Waals surface area contributed by atoms with Gasteiger partial charge in [-0.25, -0.2) is 0 Å². The Kier molecular flexibility index (Phi) is 6.48. The van der Waals surface area contributed by atoms with E-state index in [1.54, 1.807) is 13.0 Å². The molecular formula is C32H44O9. The van der Waals surface area contributed by atoms with Crippen molar-refractivity contribution in [3.8, 4) is 0 Å². The molecule has 2 bridgehead atoms. The first kappa shape index (κ1) is 28.2. The van der Waals surface area contributed by atoms with Crippen molar-refractivity contribution in [3.05, 3.63) is 23.8 Å². The largest absolute Gasteiger partial charge is 0.462 e. The lowest BCUT2D eigenvalue weighted by molar-refractivity contribution is -0.336. The molecule has 2 spiro atoms. The van der Waals surface area contributed by atoms with Gasteiger partial charge in [0.05, 0.1) is 30.5 Å². The maximum atomic E-state index is 14.0. The first-order valence-electron chi connectivity index (χ1n) is 15.6. The Labute approximate surface area is 241 Å². The second-order valence-electron chi connectivity index (χ2n) is 14.1. The van der Waals surface area contributed by atoms with Crippen LogP contribution in [0.5, 0.6) is 0 Å². The standard InChI is InChI=1S/C32H44O9/c1-6-23-18(3)9-10-30(39-23)15-21-12-20(38-30)13-25-29(5,40-25)14-17(2)7-8-24-31(41-24)16-36-27-26(33)19(4)11-22(28(34)37-21)32(27,31)35/h7-8,11,17-18,20-25,27,35H,6,9-10,12-16H2,1-5H3/b8-7+/t17-,18-,20-,21-,22-,23+,24-,25-,27+,29-,30+,31+,32+/m0/s1. The average molecular weight is 573 g/mol. The normalized spacial score (nSPS) is 55.3. The Morgan fingerprint density at radius 2 is 1.83 bits per heavy atom. The molecule has 9 nitrogen and oxygen atoms in total. The Bertz CT molecular complexity index is 1180. The molecule has 6 heterocycles. The van der Waals surface area contributed by atoms with Gasteiger partial charge < -0.3 is 33.5 Å². The molecule has 0 saturated carbocycles. The van der Waals surface area contributed by atoms with Gasteiger partial charge in [-0.3, -0.25) is 9.59 Å². The number of aliphatic hydroxyl groups is 1. The van der Waals surface area contributed by atoms with Gasteiger partial charge in [-0.15, -0.1) is 0 Å². The minimum atomic E-state index is -1.86. The molecule has 7 aliphatic rings. The van der Waals surface area contributed by atoms with E-state index in [2.05, 4.69) is 33.8 Å². The van der Waals surface area contributed by atoms with E-state index in [1.165, 1.54) is 0 Å². The molecule has 6 aliphatic heterocycles. The van der Waals surface area contributed by atoms with Gasteiger partial charge in [0.25, 0.3) is 0 Å². The fourth-order valence-corrected chi connectivity index (χ4v) is 8.52. The molecule has 9 heteroatoms. The lowest BCUT2D eigenvalue weighted by Crippen LogP contribution is -2.62. The molecule has 226 valence electrons. The highest BCUT2D eigenvalue weighted by Gasteiger charge is 2.80. The van der Waals surface area contributed by atoms with Crippen molar-refractivity contribution in [2.45, 2.75) is 139 Å². The fraction of sp³-hybridized carbons (Fsp3) is 0.812. The second-order valence-corrected chi connectivity index (χ2v) is 14.1. The molecule has 0 radical (unpaired) electrons. The van der Waals surface area contributed by atoms with Gasteiger partial charge in [-0.2, -0.15) is 0 Å². The molecule has 7 rings (SSSR count). The Balaban J connectivity index is 1.24. The maximum Gasteiger partial charge on any atom is 0.316 e. The highest BCUT2D eigenvalue weighted by atomic mass is 16.7. The third-order valence-corrected chi connectivity index (χ3v) is 11.0. The van der Waals surface area contributed by atoms with E-state index < -0.39 is 47.2 Å². The lowest BCUT2D eigenvalue weighted by atomic mass is 9.67. The predicted octanol–water partition coefficient (Wildman–Crippen LogP) is 3.55. The zero-order valence-corrected chi connectivity index (χ0v) is 24.8. The van der Waals surface area contributed by atoms with Crippen molar-refractivity contribution < 1.29 is 43.1 Å². The SMILES string of the molecule is CC[C@H]1O[C@]2(CC[C@@H]1C)C[C@@H]1C[C@@H](C[C@@H]3O[C@@]3(C)C[C@@H](C)/C=C/[C@@H]3O[C@]34CO[C@@H]3C(=O)C(C)=C[C@@H](C(=O)O1)[C@@]34O)O2. The molecular weight excluding hydrogens is 528 g/mol. The van der Waals surface area contributed by atoms with Crippen LogP contribution < -0.4 is 0 Å². The molecule has 5 fully saturated rings. The third kappa shape index (κ3) is 4.32. The van der Waals surface area contributed by atoms with Crippen LogP contribution in [-0.2, 0) is 38.0 Å². The van der Waals surface area contributed by atoms with Crippen molar-refractivity contribution in [1.29, 1.82) is 0 Å². The Hall–Kier alpha value is -1.62. The first-order chi connectivity index (χ1) is 19.4. The van der Waals surface area contributed by atoms with Crippen molar-refractivity contribution >= 4 is 11.8 Å². The molecule has 0 amide bonds. The smallest absolute Gasteiger partial charge is 0.316 e. The van der Waals surface area contributed by atoms with E-state index in [0.717, 1.165) is 25.7 Å². The number of carbonyl (C=O) groups is 2. The predicted molar refractivity (Wildman–Crippen MR) is 146 cm³/mol. The van der Waals surface area contributed by atoms with E-state index in [-0.39, 0.29) is 42.2 Å². The van der Waals surface area contributed by atoms with Crippen LogP contribution in [0.3, 0.4) is 0 Å². The van der Waals surface area contributed by atoms with Gasteiger partial charge in [0, 0.05) is 25.7 Å². The summed E-state index contributed by atoms with van der Waals surface area (Å²) in [5.41, 5.74) is -2.92. The minimum Gasteiger partial charge on any atom is -0.462 e. The summed E-state index contributed by atoms with van der Waals surface area (Å²) in [6.07, 6.45) is 8.45. The average Bonchev–Trinajstić information content (AvgIpc) is 3.76. The summed E-state index contributed by atoms with van der Waals surface area (Å²) < 4.78 is 37.9. The molecule has 0 aromatic rings. The highest BCUT2D eigenvalue weighted by molar-refractivity contribution is 6.03. The Morgan fingerprint density at radius 3 is 2.61 bits per heavy atom. The Morgan fingerprint density at radius 1 is 1.02 bits per heavy atom. The van der Waals surface area contributed by atoms with Gasteiger partial charge in [-0.1, -0.05) is 39.0 Å². The summed E-state index contributed by atoms with van der Waals surface area (Å²) in [6.45, 7) is 10.3. The molecule has 13 atom stereocenters. The van der Waals surface area contributed by atoms with Crippen LogP contribution in [0.4, 0.5) is 0 Å². The number of rotatable bonds is 1. The number of ether oxygens (including phenoxy) is 6. The summed E-state index contributed by atoms with van der Waals surface area (Å²) in [5, 5.41) is 12.3. The van der Waals surface area contributed by atoms with E-state index in [0.29, 0.717) is 30.8 Å². The molecule has 0 aromatic heterocycles. The zero-order chi connectivity index (χ0) is 28.9. The minimum absolute atomic E-state index is 0.0317. The van der Waals surface area contributed by atoms with Crippen LogP contribution in [0, 0.1) is 17.8 Å². The molecule has 1 N–H and O–H groups in total. The molecule has 41 heavy (non-hydrogen) atoms. The number of esters is 1. The van der Waals surface area contributed by atoms with Crippen LogP contribution in [0.2, 0.25) is 0 Å². The molecule has 0 unspecified atom stereocenters. The van der Waals surface area contributed by atoms with Gasteiger partial charge >= 0.3 is 5.97 Å². The molecule has 1 aliphatic carbocycles. The van der Waals surface area contributed by atoms with Crippen LogP contribution in [0.1, 0.15) is 79.6 Å². The van der Waals surface area contributed by atoms with Gasteiger partial charge in [0.2, 0.25) is 0 Å². The first-order valence-corrected chi connectivity index (χ1v) is 15.6. The van der Waals surface area contributed by atoms with Crippen LogP contribution >= 0.6 is 0 Å². The van der Waals surface area contributed by atoms with Crippen molar-refractivity contribution in [2.24, 2.45) is 17.8 Å². The summed E-state index contributed by atoms with van der Waals surface area (Å²) in [7, 11) is 0. The zero-order valence-electron chi connectivity index (χ0n) is 24.8. The number of hydrogen-bond donors (Lipinski definition) is 1. The third-order valence-electron chi connectivity index (χ3n) is 11.0. The monoisotopic (exact) mass is 572 g/mol. The number of epoxide rings is 2.